The number of amides is 1. The first-order valence-corrected chi connectivity index (χ1v) is 11.4. The van der Waals surface area contributed by atoms with Gasteiger partial charge < -0.3 is 25.6 Å². The number of halogens is 3. The van der Waals surface area contributed by atoms with Gasteiger partial charge in [-0.05, 0) is 24.3 Å². The first-order valence-electron chi connectivity index (χ1n) is 11.4. The molecule has 4 N–H and O–H groups in total. The minimum atomic E-state index is -5.15. The highest BCUT2D eigenvalue weighted by Gasteiger charge is 2.48. The van der Waals surface area contributed by atoms with E-state index >= 15 is 0 Å². The Morgan fingerprint density at radius 3 is 2.49 bits per heavy atom. The van der Waals surface area contributed by atoms with Gasteiger partial charge in [0.05, 0.1) is 36.1 Å². The van der Waals surface area contributed by atoms with E-state index in [2.05, 4.69) is 5.32 Å². The van der Waals surface area contributed by atoms with Gasteiger partial charge in [0.2, 0.25) is 0 Å². The van der Waals surface area contributed by atoms with Crippen molar-refractivity contribution in [3.8, 4) is 11.5 Å². The predicted molar refractivity (Wildman–Crippen MR) is 129 cm³/mol. The fourth-order valence-electron chi connectivity index (χ4n) is 4.67. The molecule has 3 aromatic carbocycles. The van der Waals surface area contributed by atoms with E-state index in [1.54, 1.807) is 42.5 Å². The van der Waals surface area contributed by atoms with Gasteiger partial charge in [0, 0.05) is 28.8 Å². The summed E-state index contributed by atoms with van der Waals surface area (Å²) in [6, 6.07) is 15.1. The summed E-state index contributed by atoms with van der Waals surface area (Å²) in [7, 11) is 0. The minimum Gasteiger partial charge on any atom is -0.493 e. The number of fused-ring (bicyclic) bond motifs is 2. The van der Waals surface area contributed by atoms with Crippen molar-refractivity contribution in [3.05, 3.63) is 71.8 Å². The summed E-state index contributed by atoms with van der Waals surface area (Å²) in [5.74, 6) is -2.93. The van der Waals surface area contributed by atoms with E-state index in [4.69, 9.17) is 20.3 Å². The Bertz CT molecular complexity index is 1380. The van der Waals surface area contributed by atoms with Gasteiger partial charge in [-0.1, -0.05) is 30.3 Å². The van der Waals surface area contributed by atoms with Gasteiger partial charge in [0.1, 0.15) is 18.1 Å². The Morgan fingerprint density at radius 1 is 1.00 bits per heavy atom. The maximum absolute atomic E-state index is 13.8. The van der Waals surface area contributed by atoms with Gasteiger partial charge in [-0.3, -0.25) is 14.5 Å². The Hall–Kier alpha value is -4.41. The van der Waals surface area contributed by atoms with Crippen molar-refractivity contribution >= 4 is 34.6 Å². The number of carbonyl (C=O) groups excluding carboxylic acids is 1. The summed E-state index contributed by atoms with van der Waals surface area (Å²) in [4.78, 5) is 24.5. The van der Waals surface area contributed by atoms with Crippen molar-refractivity contribution in [3.63, 3.8) is 0 Å². The van der Waals surface area contributed by atoms with E-state index in [1.807, 2.05) is 0 Å². The number of alkyl halides is 3. The quantitative estimate of drug-likeness (QED) is 0.398. The molecule has 2 aliphatic heterocycles. The number of ether oxygens (including phenoxy) is 2. The summed E-state index contributed by atoms with van der Waals surface area (Å²) >= 11 is 0. The molecule has 0 aromatic heterocycles. The summed E-state index contributed by atoms with van der Waals surface area (Å²) in [6.45, 7) is -0.120. The van der Waals surface area contributed by atoms with E-state index in [1.165, 1.54) is 18.2 Å². The highest BCUT2D eigenvalue weighted by molar-refractivity contribution is 5.98. The van der Waals surface area contributed by atoms with Crippen LogP contribution in [0.4, 0.5) is 35.9 Å². The Morgan fingerprint density at radius 2 is 1.76 bits per heavy atom. The lowest BCUT2D eigenvalue weighted by Gasteiger charge is -2.29. The number of carboxylic acids is 1. The average Bonchev–Trinajstić information content (AvgIpc) is 3.45. The first kappa shape index (κ1) is 24.3. The fraction of sp³-hybridized carbons (Fsp3) is 0.231. The van der Waals surface area contributed by atoms with Crippen LogP contribution < -0.4 is 25.4 Å². The molecule has 3 aromatic rings. The van der Waals surface area contributed by atoms with Crippen molar-refractivity contribution in [2.75, 3.05) is 29.2 Å². The Labute approximate surface area is 209 Å². The van der Waals surface area contributed by atoms with Gasteiger partial charge >= 0.3 is 18.1 Å². The van der Waals surface area contributed by atoms with Crippen molar-refractivity contribution in [1.29, 1.82) is 0 Å². The first-order chi connectivity index (χ1) is 17.6. The number of rotatable bonds is 6. The second kappa shape index (κ2) is 9.23. The number of nitrogens with one attached hydrogen (secondary N) is 1. The molecule has 192 valence electrons. The number of para-hydroxylation sites is 3. The number of carbonyl (C=O) groups is 2. The third-order valence-corrected chi connectivity index (χ3v) is 6.37. The molecule has 37 heavy (non-hydrogen) atoms. The summed E-state index contributed by atoms with van der Waals surface area (Å²) in [6.07, 6.45) is -5.33. The van der Waals surface area contributed by atoms with Crippen LogP contribution in [-0.2, 0) is 9.59 Å². The summed E-state index contributed by atoms with van der Waals surface area (Å²) in [5, 5.41) is 12.3. The Balaban J connectivity index is 1.52. The lowest BCUT2D eigenvalue weighted by Crippen LogP contribution is -2.44. The van der Waals surface area contributed by atoms with E-state index in [9.17, 15) is 22.8 Å². The van der Waals surface area contributed by atoms with E-state index in [0.717, 1.165) is 0 Å². The van der Waals surface area contributed by atoms with Gasteiger partial charge in [-0.25, -0.2) is 0 Å². The van der Waals surface area contributed by atoms with Crippen LogP contribution in [0.5, 0.6) is 11.5 Å². The van der Waals surface area contributed by atoms with Gasteiger partial charge in [-0.2, -0.15) is 13.2 Å². The molecule has 0 saturated carbocycles. The predicted octanol–water partition coefficient (Wildman–Crippen LogP) is 4.99. The SMILES string of the molecule is Nc1ccccc1Nc1cccc2c1OC[C@H]2N(C(=O)C(F)(F)F)c1ccc2c(c1)OC[C@H]2CC(=O)O. The number of hydrogen-bond donors (Lipinski definition) is 3. The molecule has 0 aliphatic carbocycles. The number of benzene rings is 3. The molecule has 1 amide bonds. The summed E-state index contributed by atoms with van der Waals surface area (Å²) in [5.41, 5.74) is 8.49. The fourth-order valence-corrected chi connectivity index (χ4v) is 4.67. The number of anilines is 4. The van der Waals surface area contributed by atoms with Crippen molar-refractivity contribution < 1.29 is 37.3 Å². The van der Waals surface area contributed by atoms with Crippen molar-refractivity contribution in [1.82, 2.24) is 0 Å². The lowest BCUT2D eigenvalue weighted by molar-refractivity contribution is -0.171. The molecular weight excluding hydrogens is 491 g/mol. The smallest absolute Gasteiger partial charge is 0.471 e. The van der Waals surface area contributed by atoms with Crippen LogP contribution in [0, 0.1) is 0 Å². The number of nitrogens with zero attached hydrogens (tertiary/aromatic N) is 1. The standard InChI is InChI=1S/C26H22F3N3O5/c27-26(28,29)25(35)32(15-8-9-16-14(10-23(33)34)12-36-22(16)11-15)21-13-37-24-17(21)4-3-7-20(24)31-19-6-2-1-5-18(19)30/h1-9,11,14,21,31H,10,12-13,30H2,(H,33,34)/t14-,21-/m1/s1. The van der Waals surface area contributed by atoms with Crippen molar-refractivity contribution in [2.45, 2.75) is 24.6 Å². The van der Waals surface area contributed by atoms with Crippen LogP contribution >= 0.6 is 0 Å². The van der Waals surface area contributed by atoms with Gasteiger partial charge in [-0.15, -0.1) is 0 Å². The number of hydrogen-bond acceptors (Lipinski definition) is 6. The van der Waals surface area contributed by atoms with Crippen LogP contribution in [-0.4, -0.2) is 36.4 Å². The van der Waals surface area contributed by atoms with Crippen LogP contribution in [0.15, 0.2) is 60.7 Å². The Kier molecular flexibility index (Phi) is 6.06. The molecule has 0 fully saturated rings. The zero-order valence-electron chi connectivity index (χ0n) is 19.3. The highest BCUT2D eigenvalue weighted by atomic mass is 19.4. The zero-order valence-corrected chi connectivity index (χ0v) is 19.3. The second-order valence-corrected chi connectivity index (χ2v) is 8.76. The topological polar surface area (TPSA) is 114 Å². The molecule has 0 unspecified atom stereocenters. The normalized spacial score (nSPS) is 17.8. The lowest BCUT2D eigenvalue weighted by atomic mass is 9.97. The molecule has 0 bridgehead atoms. The monoisotopic (exact) mass is 513 g/mol. The molecule has 11 heteroatoms. The third-order valence-electron chi connectivity index (χ3n) is 6.37. The van der Waals surface area contributed by atoms with E-state index in [-0.39, 0.29) is 31.1 Å². The number of carboxylic acid groups (broad SMARTS) is 1. The van der Waals surface area contributed by atoms with Crippen LogP contribution in [0.25, 0.3) is 0 Å². The molecule has 0 spiro atoms. The van der Waals surface area contributed by atoms with Crippen LogP contribution in [0.1, 0.15) is 29.5 Å². The zero-order chi connectivity index (χ0) is 26.3. The highest BCUT2D eigenvalue weighted by Crippen LogP contribution is 2.46. The van der Waals surface area contributed by atoms with E-state index in [0.29, 0.717) is 38.8 Å². The number of nitrogen functional groups attached to an aromatic ring is 1. The molecule has 2 aliphatic rings. The van der Waals surface area contributed by atoms with Crippen LogP contribution in [0.2, 0.25) is 0 Å². The van der Waals surface area contributed by atoms with Crippen LogP contribution in [0.3, 0.4) is 0 Å². The maximum atomic E-state index is 13.8. The molecule has 5 rings (SSSR count). The van der Waals surface area contributed by atoms with Gasteiger partial charge in [0.25, 0.3) is 0 Å². The molecule has 0 saturated heterocycles. The molecular formula is C26H22F3N3O5. The maximum Gasteiger partial charge on any atom is 0.471 e. The average molecular weight is 513 g/mol. The number of aliphatic carboxylic acids is 1. The van der Waals surface area contributed by atoms with Gasteiger partial charge in [0.15, 0.2) is 0 Å². The molecule has 2 heterocycles. The number of nitrogens with two attached hydrogens (primary N) is 1. The third kappa shape index (κ3) is 4.59. The largest absolute Gasteiger partial charge is 0.493 e. The second-order valence-electron chi connectivity index (χ2n) is 8.76. The molecule has 2 atom stereocenters. The molecule has 8 nitrogen and oxygen atoms in total. The van der Waals surface area contributed by atoms with Crippen molar-refractivity contribution in [2.24, 2.45) is 0 Å². The molecule has 0 radical (unpaired) electrons. The summed E-state index contributed by atoms with van der Waals surface area (Å²) < 4.78 is 52.6. The van der Waals surface area contributed by atoms with E-state index < -0.39 is 30.0 Å². The minimum absolute atomic E-state index is 0.0378.